The van der Waals surface area contributed by atoms with Gasteiger partial charge in [-0.25, -0.2) is 9.97 Å². The highest BCUT2D eigenvalue weighted by molar-refractivity contribution is 7.99. The fraction of sp³-hybridized carbons (Fsp3) is 0.455. The van der Waals surface area contributed by atoms with E-state index in [0.29, 0.717) is 11.7 Å². The van der Waals surface area contributed by atoms with Gasteiger partial charge in [0.2, 0.25) is 0 Å². The molecule has 2 rings (SSSR count). The molecule has 2 aromatic heterocycles. The Hall–Kier alpha value is -1.23. The second kappa shape index (κ2) is 4.74. The molecule has 0 saturated carbocycles. The Labute approximate surface area is 99.0 Å². The van der Waals surface area contributed by atoms with E-state index in [4.69, 9.17) is 5.73 Å². The maximum atomic E-state index is 5.85. The molecule has 0 radical (unpaired) electrons. The van der Waals surface area contributed by atoms with Gasteiger partial charge in [-0.2, -0.15) is 0 Å². The predicted octanol–water partition coefficient (Wildman–Crippen LogP) is 2.68. The zero-order valence-electron chi connectivity index (χ0n) is 9.53. The molecule has 4 nitrogen and oxygen atoms in total. The van der Waals surface area contributed by atoms with Crippen LogP contribution in [0, 0.1) is 5.92 Å². The number of nitrogens with zero attached hydrogens (tertiary/aromatic N) is 2. The monoisotopic (exact) mass is 236 g/mol. The van der Waals surface area contributed by atoms with Gasteiger partial charge in [-0.1, -0.05) is 25.6 Å². The summed E-state index contributed by atoms with van der Waals surface area (Å²) in [6, 6.07) is 1.90. The third-order valence-electron chi connectivity index (χ3n) is 2.35. The summed E-state index contributed by atoms with van der Waals surface area (Å²) in [6.07, 6.45) is 3.00. The van der Waals surface area contributed by atoms with Gasteiger partial charge in [-0.3, -0.25) is 0 Å². The molecule has 0 fully saturated rings. The highest BCUT2D eigenvalue weighted by Gasteiger charge is 2.06. The fourth-order valence-corrected chi connectivity index (χ4v) is 2.48. The Kier molecular flexibility index (Phi) is 3.33. The first kappa shape index (κ1) is 11.3. The highest BCUT2D eigenvalue weighted by Crippen LogP contribution is 2.22. The molecule has 86 valence electrons. The first-order valence-corrected chi connectivity index (χ1v) is 6.39. The van der Waals surface area contributed by atoms with Crippen molar-refractivity contribution in [1.29, 1.82) is 0 Å². The number of thioether (sulfide) groups is 1. The van der Waals surface area contributed by atoms with Crippen molar-refractivity contribution in [2.45, 2.75) is 25.4 Å². The molecule has 0 aliphatic rings. The normalized spacial score (nSPS) is 11.4. The van der Waals surface area contributed by atoms with Gasteiger partial charge in [0.1, 0.15) is 11.5 Å². The number of rotatable bonds is 4. The third-order valence-corrected chi connectivity index (χ3v) is 3.23. The van der Waals surface area contributed by atoms with Crippen molar-refractivity contribution < 1.29 is 0 Å². The number of hydrogen-bond donors (Lipinski definition) is 2. The van der Waals surface area contributed by atoms with Gasteiger partial charge < -0.3 is 10.7 Å². The first-order valence-electron chi connectivity index (χ1n) is 5.40. The van der Waals surface area contributed by atoms with Crippen LogP contribution in [0.1, 0.15) is 20.3 Å². The zero-order chi connectivity index (χ0) is 11.5. The Balaban J connectivity index is 2.12. The molecule has 16 heavy (non-hydrogen) atoms. The molecule has 0 spiro atoms. The summed E-state index contributed by atoms with van der Waals surface area (Å²) in [6.45, 7) is 4.42. The van der Waals surface area contributed by atoms with Crippen molar-refractivity contribution in [3.63, 3.8) is 0 Å². The molecular formula is C11H16N4S. The number of nitrogens with one attached hydrogen (secondary N) is 1. The lowest BCUT2D eigenvalue weighted by Gasteiger charge is -2.04. The number of nitrogen functional groups attached to an aromatic ring is 1. The average Bonchev–Trinajstić information content (AvgIpc) is 2.65. The Bertz CT molecular complexity index is 478. The van der Waals surface area contributed by atoms with E-state index in [1.54, 1.807) is 11.8 Å². The molecule has 3 N–H and O–H groups in total. The molecule has 0 aliphatic heterocycles. The van der Waals surface area contributed by atoms with Crippen molar-refractivity contribution in [3.05, 3.63) is 12.3 Å². The van der Waals surface area contributed by atoms with Gasteiger partial charge in [0.25, 0.3) is 0 Å². The summed E-state index contributed by atoms with van der Waals surface area (Å²) >= 11 is 1.66. The van der Waals surface area contributed by atoms with Gasteiger partial charge >= 0.3 is 0 Å². The van der Waals surface area contributed by atoms with Crippen LogP contribution in [0.3, 0.4) is 0 Å². The minimum Gasteiger partial charge on any atom is -0.383 e. The van der Waals surface area contributed by atoms with Crippen molar-refractivity contribution in [2.24, 2.45) is 5.92 Å². The summed E-state index contributed by atoms with van der Waals surface area (Å²) in [5.74, 6) is 2.29. The molecule has 0 saturated heterocycles. The molecule has 0 aromatic carbocycles. The van der Waals surface area contributed by atoms with E-state index < -0.39 is 0 Å². The van der Waals surface area contributed by atoms with Crippen molar-refractivity contribution in [2.75, 3.05) is 11.5 Å². The van der Waals surface area contributed by atoms with E-state index >= 15 is 0 Å². The Morgan fingerprint density at radius 2 is 2.25 bits per heavy atom. The van der Waals surface area contributed by atoms with Crippen LogP contribution in [-0.4, -0.2) is 20.7 Å². The second-order valence-electron chi connectivity index (χ2n) is 4.16. The number of fused-ring (bicyclic) bond motifs is 1. The largest absolute Gasteiger partial charge is 0.383 e. The SMILES string of the molecule is CC(C)CCSc1nc(N)c2cc[nH]c2n1. The minimum atomic E-state index is 0.554. The van der Waals surface area contributed by atoms with Crippen molar-refractivity contribution in [3.8, 4) is 0 Å². The van der Waals surface area contributed by atoms with Crippen molar-refractivity contribution >= 4 is 28.6 Å². The molecule has 2 aromatic rings. The smallest absolute Gasteiger partial charge is 0.191 e. The van der Waals surface area contributed by atoms with Gasteiger partial charge in [0.05, 0.1) is 5.39 Å². The van der Waals surface area contributed by atoms with E-state index in [1.165, 1.54) is 0 Å². The molecule has 0 atom stereocenters. The summed E-state index contributed by atoms with van der Waals surface area (Å²) in [5, 5.41) is 1.65. The number of aromatic amines is 1. The summed E-state index contributed by atoms with van der Waals surface area (Å²) in [5.41, 5.74) is 6.67. The topological polar surface area (TPSA) is 67.6 Å². The van der Waals surface area contributed by atoms with E-state index in [-0.39, 0.29) is 0 Å². The minimum absolute atomic E-state index is 0.554. The molecular weight excluding hydrogens is 220 g/mol. The van der Waals surface area contributed by atoms with Crippen LogP contribution in [0.2, 0.25) is 0 Å². The van der Waals surface area contributed by atoms with Gasteiger partial charge in [-0.15, -0.1) is 0 Å². The summed E-state index contributed by atoms with van der Waals surface area (Å²) in [4.78, 5) is 11.7. The molecule has 0 bridgehead atoms. The van der Waals surface area contributed by atoms with Crippen LogP contribution in [0.5, 0.6) is 0 Å². The lowest BCUT2D eigenvalue weighted by Crippen LogP contribution is -1.97. The Morgan fingerprint density at radius 1 is 1.44 bits per heavy atom. The van der Waals surface area contributed by atoms with Gasteiger partial charge in [0.15, 0.2) is 5.16 Å². The first-order chi connectivity index (χ1) is 7.66. The molecule has 0 unspecified atom stereocenters. The number of nitrogens with two attached hydrogens (primary N) is 1. The standard InChI is InChI=1S/C11H16N4S/c1-7(2)4-6-16-11-14-9(12)8-3-5-13-10(8)15-11/h3,5,7H,4,6H2,1-2H3,(H3,12,13,14,15). The quantitative estimate of drug-likeness (QED) is 0.632. The van der Waals surface area contributed by atoms with Crippen LogP contribution in [0.15, 0.2) is 17.4 Å². The Morgan fingerprint density at radius 3 is 3.00 bits per heavy atom. The third kappa shape index (κ3) is 2.47. The average molecular weight is 236 g/mol. The molecule has 0 amide bonds. The lowest BCUT2D eigenvalue weighted by atomic mass is 10.2. The van der Waals surface area contributed by atoms with E-state index in [2.05, 4.69) is 28.8 Å². The fourth-order valence-electron chi connectivity index (χ4n) is 1.39. The van der Waals surface area contributed by atoms with Gasteiger partial charge in [-0.05, 0) is 18.4 Å². The predicted molar refractivity (Wildman–Crippen MR) is 68.5 cm³/mol. The van der Waals surface area contributed by atoms with E-state index in [9.17, 15) is 0 Å². The highest BCUT2D eigenvalue weighted by atomic mass is 32.2. The van der Waals surface area contributed by atoms with E-state index in [1.807, 2.05) is 12.3 Å². The molecule has 2 heterocycles. The van der Waals surface area contributed by atoms with Crippen LogP contribution in [0.25, 0.3) is 11.0 Å². The van der Waals surface area contributed by atoms with Crippen LogP contribution < -0.4 is 5.73 Å². The van der Waals surface area contributed by atoms with Crippen LogP contribution in [0.4, 0.5) is 5.82 Å². The van der Waals surface area contributed by atoms with Crippen molar-refractivity contribution in [1.82, 2.24) is 15.0 Å². The lowest BCUT2D eigenvalue weighted by molar-refractivity contribution is 0.631. The number of hydrogen-bond acceptors (Lipinski definition) is 4. The summed E-state index contributed by atoms with van der Waals surface area (Å²) in [7, 11) is 0. The number of aromatic nitrogens is 3. The van der Waals surface area contributed by atoms with E-state index in [0.717, 1.165) is 28.4 Å². The maximum Gasteiger partial charge on any atom is 0.191 e. The van der Waals surface area contributed by atoms with Gasteiger partial charge in [0, 0.05) is 11.9 Å². The maximum absolute atomic E-state index is 5.85. The number of anilines is 1. The zero-order valence-corrected chi connectivity index (χ0v) is 10.3. The second-order valence-corrected chi connectivity index (χ2v) is 5.22. The molecule has 0 aliphatic carbocycles. The molecule has 5 heteroatoms. The number of H-pyrrole nitrogens is 1. The summed E-state index contributed by atoms with van der Waals surface area (Å²) < 4.78 is 0. The van der Waals surface area contributed by atoms with Crippen LogP contribution in [-0.2, 0) is 0 Å². The van der Waals surface area contributed by atoms with Crippen LogP contribution >= 0.6 is 11.8 Å².